The fourth-order valence-corrected chi connectivity index (χ4v) is 4.40. The molecular formula is C18H36N4. The van der Waals surface area contributed by atoms with Gasteiger partial charge in [0.15, 0.2) is 0 Å². The van der Waals surface area contributed by atoms with E-state index in [0.717, 1.165) is 18.1 Å². The van der Waals surface area contributed by atoms with E-state index in [-0.39, 0.29) is 0 Å². The Hall–Kier alpha value is -0.160. The molecule has 0 saturated carbocycles. The van der Waals surface area contributed by atoms with E-state index < -0.39 is 0 Å². The smallest absolute Gasteiger partial charge is 0.0195 e. The van der Waals surface area contributed by atoms with Crippen molar-refractivity contribution in [3.63, 3.8) is 0 Å². The zero-order chi connectivity index (χ0) is 15.0. The second kappa shape index (κ2) is 9.21. The van der Waals surface area contributed by atoms with Crippen molar-refractivity contribution < 1.29 is 0 Å². The normalized spacial score (nSPS) is 34.0. The summed E-state index contributed by atoms with van der Waals surface area (Å²) in [5, 5.41) is 11.2. The van der Waals surface area contributed by atoms with Crippen LogP contribution in [0.1, 0.15) is 57.8 Å². The SMILES string of the molecule is C1CCC(CN(CC2CCCCN2)CC2CCCCN2)NC1. The van der Waals surface area contributed by atoms with E-state index in [2.05, 4.69) is 20.9 Å². The highest BCUT2D eigenvalue weighted by atomic mass is 15.2. The number of hydrogen-bond donors (Lipinski definition) is 3. The molecule has 128 valence electrons. The van der Waals surface area contributed by atoms with Crippen LogP contribution < -0.4 is 16.0 Å². The first-order valence-electron chi connectivity index (χ1n) is 9.82. The van der Waals surface area contributed by atoms with Gasteiger partial charge in [-0.1, -0.05) is 19.3 Å². The summed E-state index contributed by atoms with van der Waals surface area (Å²) in [5.41, 5.74) is 0. The van der Waals surface area contributed by atoms with E-state index in [9.17, 15) is 0 Å². The van der Waals surface area contributed by atoms with Crippen LogP contribution >= 0.6 is 0 Å². The Morgan fingerprint density at radius 2 is 0.909 bits per heavy atom. The summed E-state index contributed by atoms with van der Waals surface area (Å²) in [7, 11) is 0. The third-order valence-electron chi connectivity index (χ3n) is 5.67. The van der Waals surface area contributed by atoms with Gasteiger partial charge in [-0.25, -0.2) is 0 Å². The van der Waals surface area contributed by atoms with E-state index in [0.29, 0.717) is 0 Å². The predicted molar refractivity (Wildman–Crippen MR) is 93.4 cm³/mol. The zero-order valence-corrected chi connectivity index (χ0v) is 14.3. The second-order valence-corrected chi connectivity index (χ2v) is 7.66. The number of hydrogen-bond acceptors (Lipinski definition) is 4. The fourth-order valence-electron chi connectivity index (χ4n) is 4.40. The van der Waals surface area contributed by atoms with Gasteiger partial charge in [-0.15, -0.1) is 0 Å². The van der Waals surface area contributed by atoms with Gasteiger partial charge in [0, 0.05) is 37.8 Å². The van der Waals surface area contributed by atoms with E-state index in [4.69, 9.17) is 0 Å². The first kappa shape index (κ1) is 16.7. The minimum absolute atomic E-state index is 0.723. The Bertz CT molecular complexity index is 244. The molecule has 4 heteroatoms. The topological polar surface area (TPSA) is 39.3 Å². The van der Waals surface area contributed by atoms with Gasteiger partial charge in [-0.2, -0.15) is 0 Å². The van der Waals surface area contributed by atoms with Crippen LogP contribution in [0.3, 0.4) is 0 Å². The van der Waals surface area contributed by atoms with Crippen LogP contribution in [0, 0.1) is 0 Å². The molecule has 0 aromatic heterocycles. The van der Waals surface area contributed by atoms with Crippen LogP contribution in [-0.4, -0.2) is 62.3 Å². The molecule has 0 aromatic rings. The van der Waals surface area contributed by atoms with Gasteiger partial charge in [0.05, 0.1) is 0 Å². The molecule has 3 saturated heterocycles. The zero-order valence-electron chi connectivity index (χ0n) is 14.3. The van der Waals surface area contributed by atoms with E-state index in [1.165, 1.54) is 97.1 Å². The lowest BCUT2D eigenvalue weighted by atomic mass is 10.00. The molecule has 0 amide bonds. The first-order valence-corrected chi connectivity index (χ1v) is 9.82. The van der Waals surface area contributed by atoms with Crippen molar-refractivity contribution in [3.8, 4) is 0 Å². The molecule has 3 atom stereocenters. The van der Waals surface area contributed by atoms with E-state index >= 15 is 0 Å². The molecule has 3 N–H and O–H groups in total. The summed E-state index contributed by atoms with van der Waals surface area (Å²) in [5.74, 6) is 0. The molecule has 0 aliphatic carbocycles. The maximum atomic E-state index is 3.74. The van der Waals surface area contributed by atoms with Crippen molar-refractivity contribution >= 4 is 0 Å². The third kappa shape index (κ3) is 5.48. The number of rotatable bonds is 6. The van der Waals surface area contributed by atoms with Gasteiger partial charge in [0.25, 0.3) is 0 Å². The minimum Gasteiger partial charge on any atom is -0.313 e. The first-order chi connectivity index (χ1) is 10.9. The van der Waals surface area contributed by atoms with Crippen molar-refractivity contribution in [1.82, 2.24) is 20.9 Å². The Balaban J connectivity index is 1.50. The molecule has 3 heterocycles. The average molecular weight is 309 g/mol. The lowest BCUT2D eigenvalue weighted by molar-refractivity contribution is 0.168. The van der Waals surface area contributed by atoms with Crippen molar-refractivity contribution in [2.24, 2.45) is 0 Å². The van der Waals surface area contributed by atoms with Gasteiger partial charge < -0.3 is 16.0 Å². The number of nitrogens with zero attached hydrogens (tertiary/aromatic N) is 1. The van der Waals surface area contributed by atoms with Crippen molar-refractivity contribution in [1.29, 1.82) is 0 Å². The molecule has 0 radical (unpaired) electrons. The van der Waals surface area contributed by atoms with Gasteiger partial charge in [-0.3, -0.25) is 4.90 Å². The summed E-state index contributed by atoms with van der Waals surface area (Å²) < 4.78 is 0. The summed E-state index contributed by atoms with van der Waals surface area (Å²) in [6.45, 7) is 7.41. The Kier molecular flexibility index (Phi) is 6.99. The minimum atomic E-state index is 0.723. The highest BCUT2D eigenvalue weighted by molar-refractivity contribution is 4.84. The molecule has 0 spiro atoms. The van der Waals surface area contributed by atoms with Crippen molar-refractivity contribution in [2.45, 2.75) is 75.9 Å². The van der Waals surface area contributed by atoms with E-state index in [1.807, 2.05) is 0 Å². The van der Waals surface area contributed by atoms with Crippen molar-refractivity contribution in [2.75, 3.05) is 39.3 Å². The highest BCUT2D eigenvalue weighted by Crippen LogP contribution is 2.14. The Morgan fingerprint density at radius 3 is 1.18 bits per heavy atom. The monoisotopic (exact) mass is 308 g/mol. The molecule has 3 rings (SSSR count). The average Bonchev–Trinajstić information content (AvgIpc) is 2.57. The molecule has 3 aliphatic rings. The lowest BCUT2D eigenvalue weighted by Gasteiger charge is -2.37. The van der Waals surface area contributed by atoms with Crippen LogP contribution in [0.5, 0.6) is 0 Å². The third-order valence-corrected chi connectivity index (χ3v) is 5.67. The second-order valence-electron chi connectivity index (χ2n) is 7.66. The molecule has 3 aliphatic heterocycles. The molecular weight excluding hydrogens is 272 g/mol. The largest absolute Gasteiger partial charge is 0.313 e. The van der Waals surface area contributed by atoms with Crippen LogP contribution in [0.15, 0.2) is 0 Å². The summed E-state index contributed by atoms with van der Waals surface area (Å²) >= 11 is 0. The standard InChI is InChI=1S/C18H36N4/c1-4-10-19-16(7-1)13-22(14-17-8-2-5-11-20-17)15-18-9-3-6-12-21-18/h16-21H,1-15H2. The maximum absolute atomic E-state index is 3.74. The molecule has 0 aromatic carbocycles. The van der Waals surface area contributed by atoms with Crippen LogP contribution in [0.4, 0.5) is 0 Å². The molecule has 3 unspecified atom stereocenters. The predicted octanol–water partition coefficient (Wildman–Crippen LogP) is 1.71. The summed E-state index contributed by atoms with van der Waals surface area (Å²) in [6, 6.07) is 2.17. The molecule has 0 bridgehead atoms. The summed E-state index contributed by atoms with van der Waals surface area (Å²) in [6.07, 6.45) is 12.4. The Labute approximate surface area is 136 Å². The van der Waals surface area contributed by atoms with Gasteiger partial charge in [-0.05, 0) is 58.2 Å². The Morgan fingerprint density at radius 1 is 0.545 bits per heavy atom. The van der Waals surface area contributed by atoms with E-state index in [1.54, 1.807) is 0 Å². The fraction of sp³-hybridized carbons (Fsp3) is 1.00. The van der Waals surface area contributed by atoms with Gasteiger partial charge >= 0.3 is 0 Å². The van der Waals surface area contributed by atoms with Crippen molar-refractivity contribution in [3.05, 3.63) is 0 Å². The van der Waals surface area contributed by atoms with Gasteiger partial charge in [0.1, 0.15) is 0 Å². The molecule has 4 nitrogen and oxygen atoms in total. The lowest BCUT2D eigenvalue weighted by Crippen LogP contribution is -2.53. The van der Waals surface area contributed by atoms with Gasteiger partial charge in [0.2, 0.25) is 0 Å². The highest BCUT2D eigenvalue weighted by Gasteiger charge is 2.23. The quantitative estimate of drug-likeness (QED) is 0.699. The number of nitrogens with one attached hydrogen (secondary N) is 3. The summed E-state index contributed by atoms with van der Waals surface area (Å²) in [4.78, 5) is 2.76. The maximum Gasteiger partial charge on any atom is 0.0195 e. The van der Waals surface area contributed by atoms with Crippen LogP contribution in [0.2, 0.25) is 0 Å². The molecule has 3 fully saturated rings. The number of piperidine rings is 3. The van der Waals surface area contributed by atoms with Crippen LogP contribution in [-0.2, 0) is 0 Å². The molecule has 22 heavy (non-hydrogen) atoms. The van der Waals surface area contributed by atoms with Crippen LogP contribution in [0.25, 0.3) is 0 Å².